The molecule has 0 radical (unpaired) electrons. The third-order valence-corrected chi connectivity index (χ3v) is 4.07. The highest BCUT2D eigenvalue weighted by molar-refractivity contribution is 5.55. The monoisotopic (exact) mass is 340 g/mol. The average molecular weight is 340 g/mol. The summed E-state index contributed by atoms with van der Waals surface area (Å²) in [5.74, 6) is 1.57. The number of phenolic OH excluding ortho intramolecular Hbond substituents is 1. The maximum Gasteiger partial charge on any atom is 0.159 e. The van der Waals surface area contributed by atoms with E-state index in [1.165, 1.54) is 38.5 Å². The van der Waals surface area contributed by atoms with Crippen molar-refractivity contribution in [3.63, 3.8) is 0 Å². The van der Waals surface area contributed by atoms with Gasteiger partial charge in [-0.2, -0.15) is 0 Å². The van der Waals surface area contributed by atoms with Crippen LogP contribution in [0.4, 0.5) is 0 Å². The lowest BCUT2D eigenvalue weighted by molar-refractivity contribution is 0.302. The molecule has 25 heavy (non-hydrogen) atoms. The molecule has 4 heteroatoms. The first-order chi connectivity index (χ1) is 12.3. The molecule has 4 nitrogen and oxygen atoms in total. The highest BCUT2D eigenvalue weighted by Crippen LogP contribution is 2.19. The second kappa shape index (κ2) is 11.2. The fourth-order valence-electron chi connectivity index (χ4n) is 2.61. The molecule has 0 fully saturated rings. The fraction of sp³-hybridized carbons (Fsp3) is 0.429. The summed E-state index contributed by atoms with van der Waals surface area (Å²) in [6.45, 7) is 4.45. The SMILES string of the molecule is C=CCCCCCCCCCOc1cnc(-c2ccc(O)cc2)nc1. The molecule has 1 heterocycles. The van der Waals surface area contributed by atoms with Crippen molar-refractivity contribution < 1.29 is 9.84 Å². The number of nitrogens with zero attached hydrogens (tertiary/aromatic N) is 2. The molecular weight excluding hydrogens is 312 g/mol. The summed E-state index contributed by atoms with van der Waals surface area (Å²) in [6, 6.07) is 6.84. The van der Waals surface area contributed by atoms with Crippen LogP contribution in [0, 0.1) is 0 Å². The van der Waals surface area contributed by atoms with Crippen molar-refractivity contribution in [2.75, 3.05) is 6.61 Å². The van der Waals surface area contributed by atoms with E-state index in [4.69, 9.17) is 4.74 Å². The van der Waals surface area contributed by atoms with E-state index >= 15 is 0 Å². The molecule has 0 atom stereocenters. The van der Waals surface area contributed by atoms with E-state index in [1.807, 2.05) is 6.08 Å². The van der Waals surface area contributed by atoms with E-state index < -0.39 is 0 Å². The van der Waals surface area contributed by atoms with Crippen LogP contribution in [0.2, 0.25) is 0 Å². The number of allylic oxidation sites excluding steroid dienone is 1. The van der Waals surface area contributed by atoms with Crippen LogP contribution in [0.5, 0.6) is 11.5 Å². The summed E-state index contributed by atoms with van der Waals surface area (Å²) >= 11 is 0. The largest absolute Gasteiger partial charge is 0.508 e. The molecule has 0 amide bonds. The Kier molecular flexibility index (Phi) is 8.53. The van der Waals surface area contributed by atoms with Gasteiger partial charge in [0, 0.05) is 5.56 Å². The van der Waals surface area contributed by atoms with Crippen molar-refractivity contribution in [2.24, 2.45) is 0 Å². The molecule has 0 saturated carbocycles. The van der Waals surface area contributed by atoms with Gasteiger partial charge in [0.05, 0.1) is 19.0 Å². The van der Waals surface area contributed by atoms with Gasteiger partial charge in [-0.25, -0.2) is 9.97 Å². The number of unbranched alkanes of at least 4 members (excludes halogenated alkanes) is 7. The van der Waals surface area contributed by atoms with Crippen molar-refractivity contribution in [2.45, 2.75) is 51.4 Å². The van der Waals surface area contributed by atoms with Crippen LogP contribution in [-0.4, -0.2) is 21.7 Å². The molecule has 0 bridgehead atoms. The summed E-state index contributed by atoms with van der Waals surface area (Å²) in [5, 5.41) is 9.31. The Bertz CT molecular complexity index is 609. The summed E-state index contributed by atoms with van der Waals surface area (Å²) in [7, 11) is 0. The van der Waals surface area contributed by atoms with Crippen molar-refractivity contribution in [1.29, 1.82) is 0 Å². The minimum absolute atomic E-state index is 0.237. The normalized spacial score (nSPS) is 10.6. The van der Waals surface area contributed by atoms with Crippen LogP contribution >= 0.6 is 0 Å². The fourth-order valence-corrected chi connectivity index (χ4v) is 2.61. The number of ether oxygens (including phenoxy) is 1. The molecule has 1 aromatic heterocycles. The number of aromatic nitrogens is 2. The van der Waals surface area contributed by atoms with Crippen LogP contribution in [0.3, 0.4) is 0 Å². The zero-order valence-electron chi connectivity index (χ0n) is 14.9. The molecule has 0 aliphatic carbocycles. The predicted molar refractivity (Wildman–Crippen MR) is 102 cm³/mol. The molecule has 1 aromatic carbocycles. The molecule has 0 aliphatic heterocycles. The standard InChI is InChI=1S/C21H28N2O2/c1-2-3-4-5-6-7-8-9-10-15-25-20-16-22-21(23-17-20)18-11-13-19(24)14-12-18/h2,11-14,16-17,24H,1,3-10,15H2. The molecule has 2 aromatic rings. The first-order valence-corrected chi connectivity index (χ1v) is 9.15. The van der Waals surface area contributed by atoms with Crippen LogP contribution in [-0.2, 0) is 0 Å². The maximum atomic E-state index is 9.31. The number of benzene rings is 1. The van der Waals surface area contributed by atoms with E-state index in [1.54, 1.807) is 36.7 Å². The third-order valence-electron chi connectivity index (χ3n) is 4.07. The first kappa shape index (κ1) is 19.0. The lowest BCUT2D eigenvalue weighted by Gasteiger charge is -2.06. The number of hydrogen-bond donors (Lipinski definition) is 1. The average Bonchev–Trinajstić information content (AvgIpc) is 2.64. The van der Waals surface area contributed by atoms with E-state index in [0.29, 0.717) is 18.2 Å². The summed E-state index contributed by atoms with van der Waals surface area (Å²) in [4.78, 5) is 8.64. The van der Waals surface area contributed by atoms with Gasteiger partial charge in [0.2, 0.25) is 0 Å². The lowest BCUT2D eigenvalue weighted by Crippen LogP contribution is -1.99. The van der Waals surface area contributed by atoms with Gasteiger partial charge in [-0.3, -0.25) is 0 Å². The summed E-state index contributed by atoms with van der Waals surface area (Å²) in [6.07, 6.45) is 15.3. The molecule has 2 rings (SSSR count). The predicted octanol–water partition coefficient (Wildman–Crippen LogP) is 5.53. The number of phenols is 1. The van der Waals surface area contributed by atoms with E-state index in [2.05, 4.69) is 16.5 Å². The van der Waals surface area contributed by atoms with Crippen molar-refractivity contribution in [1.82, 2.24) is 9.97 Å². The second-order valence-corrected chi connectivity index (χ2v) is 6.19. The molecule has 134 valence electrons. The van der Waals surface area contributed by atoms with Crippen LogP contribution < -0.4 is 4.74 Å². The van der Waals surface area contributed by atoms with E-state index in [9.17, 15) is 5.11 Å². The zero-order chi connectivity index (χ0) is 17.7. The number of hydrogen-bond acceptors (Lipinski definition) is 4. The molecular formula is C21H28N2O2. The minimum Gasteiger partial charge on any atom is -0.508 e. The quantitative estimate of drug-likeness (QED) is 0.407. The Hall–Kier alpha value is -2.36. The van der Waals surface area contributed by atoms with Crippen LogP contribution in [0.25, 0.3) is 11.4 Å². The highest BCUT2D eigenvalue weighted by Gasteiger charge is 2.02. The molecule has 0 saturated heterocycles. The van der Waals surface area contributed by atoms with Gasteiger partial charge in [0.15, 0.2) is 11.6 Å². The van der Waals surface area contributed by atoms with Crippen LogP contribution in [0.1, 0.15) is 51.4 Å². The Balaban J connectivity index is 1.59. The van der Waals surface area contributed by atoms with Gasteiger partial charge in [0.1, 0.15) is 5.75 Å². The zero-order valence-corrected chi connectivity index (χ0v) is 14.9. The Morgan fingerprint density at radius 3 is 2.12 bits per heavy atom. The van der Waals surface area contributed by atoms with Gasteiger partial charge in [-0.15, -0.1) is 6.58 Å². The summed E-state index contributed by atoms with van der Waals surface area (Å²) in [5.41, 5.74) is 0.873. The summed E-state index contributed by atoms with van der Waals surface area (Å²) < 4.78 is 5.70. The first-order valence-electron chi connectivity index (χ1n) is 9.15. The Morgan fingerprint density at radius 2 is 1.48 bits per heavy atom. The van der Waals surface area contributed by atoms with Gasteiger partial charge in [0.25, 0.3) is 0 Å². The van der Waals surface area contributed by atoms with E-state index in [-0.39, 0.29) is 5.75 Å². The molecule has 0 spiro atoms. The van der Waals surface area contributed by atoms with E-state index in [0.717, 1.165) is 18.4 Å². The van der Waals surface area contributed by atoms with Crippen molar-refractivity contribution >= 4 is 0 Å². The molecule has 0 unspecified atom stereocenters. The number of rotatable bonds is 12. The third kappa shape index (κ3) is 7.38. The van der Waals surface area contributed by atoms with Crippen LogP contribution in [0.15, 0.2) is 49.3 Å². The maximum absolute atomic E-state index is 9.31. The lowest BCUT2D eigenvalue weighted by atomic mass is 10.1. The minimum atomic E-state index is 0.237. The Morgan fingerprint density at radius 1 is 0.880 bits per heavy atom. The highest BCUT2D eigenvalue weighted by atomic mass is 16.5. The van der Waals surface area contributed by atoms with Gasteiger partial charge >= 0.3 is 0 Å². The topological polar surface area (TPSA) is 55.2 Å². The molecule has 0 aliphatic rings. The van der Waals surface area contributed by atoms with Gasteiger partial charge < -0.3 is 9.84 Å². The second-order valence-electron chi connectivity index (χ2n) is 6.19. The Labute approximate surface area is 150 Å². The van der Waals surface area contributed by atoms with Gasteiger partial charge in [-0.1, -0.05) is 38.2 Å². The van der Waals surface area contributed by atoms with Crippen molar-refractivity contribution in [3.05, 3.63) is 49.3 Å². The van der Waals surface area contributed by atoms with Crippen molar-refractivity contribution in [3.8, 4) is 22.9 Å². The smallest absolute Gasteiger partial charge is 0.159 e. The van der Waals surface area contributed by atoms with Gasteiger partial charge in [-0.05, 0) is 43.5 Å². The number of aromatic hydroxyl groups is 1. The molecule has 1 N–H and O–H groups in total.